The number of nitrogens with two attached hydrogens (primary N) is 1. The van der Waals surface area contributed by atoms with Crippen molar-refractivity contribution in [2.24, 2.45) is 11.7 Å². The molecule has 2 amide bonds. The zero-order chi connectivity index (χ0) is 15.4. The van der Waals surface area contributed by atoms with E-state index in [1.165, 1.54) is 6.92 Å². The van der Waals surface area contributed by atoms with E-state index in [1.54, 1.807) is 4.90 Å². The first-order valence-corrected chi connectivity index (χ1v) is 7.35. The van der Waals surface area contributed by atoms with Crippen molar-refractivity contribution >= 4 is 23.4 Å². The van der Waals surface area contributed by atoms with E-state index in [1.807, 2.05) is 24.3 Å². The normalized spacial score (nSPS) is 20.1. The van der Waals surface area contributed by atoms with Crippen LogP contribution >= 0.6 is 11.6 Å². The van der Waals surface area contributed by atoms with E-state index >= 15 is 0 Å². The molecule has 1 saturated heterocycles. The summed E-state index contributed by atoms with van der Waals surface area (Å²) in [7, 11) is 0. The van der Waals surface area contributed by atoms with Crippen LogP contribution in [0.3, 0.4) is 0 Å². The molecule has 2 N–H and O–H groups in total. The number of hydrogen-bond acceptors (Lipinski definition) is 3. The first-order chi connectivity index (χ1) is 9.97. The molecular formula is C15H20ClN3O2. The standard InChI is InChI=1S/C15H20ClN3O2/c1-11(20)19-7-6-18(9-13(10-19)15(17)21)8-12-4-2-3-5-14(12)16/h2-5,13H,6-10H2,1H3,(H2,17,21). The molecule has 21 heavy (non-hydrogen) atoms. The van der Waals surface area contributed by atoms with Crippen LogP contribution in [-0.4, -0.2) is 47.8 Å². The van der Waals surface area contributed by atoms with Crippen LogP contribution < -0.4 is 5.73 Å². The highest BCUT2D eigenvalue weighted by Crippen LogP contribution is 2.19. The van der Waals surface area contributed by atoms with Crippen molar-refractivity contribution in [2.75, 3.05) is 26.2 Å². The second-order valence-corrected chi connectivity index (χ2v) is 5.80. The molecule has 0 aromatic heterocycles. The van der Waals surface area contributed by atoms with Crippen molar-refractivity contribution in [3.8, 4) is 0 Å². The second kappa shape index (κ2) is 6.91. The Morgan fingerprint density at radius 3 is 2.62 bits per heavy atom. The topological polar surface area (TPSA) is 66.6 Å². The Labute approximate surface area is 129 Å². The minimum atomic E-state index is -0.368. The molecule has 114 valence electrons. The molecule has 0 saturated carbocycles. The average Bonchev–Trinajstić information content (AvgIpc) is 2.64. The molecule has 0 aliphatic carbocycles. The number of rotatable bonds is 3. The van der Waals surface area contributed by atoms with Crippen LogP contribution in [0.2, 0.25) is 5.02 Å². The number of primary amides is 1. The third-order valence-corrected chi connectivity index (χ3v) is 4.17. The number of benzene rings is 1. The molecule has 2 rings (SSSR count). The number of nitrogens with zero attached hydrogens (tertiary/aromatic N) is 2. The summed E-state index contributed by atoms with van der Waals surface area (Å²) >= 11 is 6.18. The van der Waals surface area contributed by atoms with Gasteiger partial charge in [0, 0.05) is 44.7 Å². The predicted octanol–water partition coefficient (Wildman–Crippen LogP) is 1.11. The lowest BCUT2D eigenvalue weighted by atomic mass is 10.1. The van der Waals surface area contributed by atoms with Gasteiger partial charge in [-0.2, -0.15) is 0 Å². The van der Waals surface area contributed by atoms with Crippen molar-refractivity contribution in [1.29, 1.82) is 0 Å². The van der Waals surface area contributed by atoms with E-state index in [2.05, 4.69) is 4.90 Å². The number of carbonyl (C=O) groups excluding carboxylic acids is 2. The van der Waals surface area contributed by atoms with Gasteiger partial charge in [0.15, 0.2) is 0 Å². The predicted molar refractivity (Wildman–Crippen MR) is 81.7 cm³/mol. The maximum absolute atomic E-state index is 11.6. The number of amides is 2. The number of carbonyl (C=O) groups is 2. The summed E-state index contributed by atoms with van der Waals surface area (Å²) in [5.41, 5.74) is 6.47. The van der Waals surface area contributed by atoms with E-state index in [9.17, 15) is 9.59 Å². The van der Waals surface area contributed by atoms with Crippen molar-refractivity contribution in [3.05, 3.63) is 34.9 Å². The molecule has 5 nitrogen and oxygen atoms in total. The SMILES string of the molecule is CC(=O)N1CCN(Cc2ccccc2Cl)CC(C(N)=O)C1. The summed E-state index contributed by atoms with van der Waals surface area (Å²) in [6.45, 7) is 4.41. The fourth-order valence-corrected chi connectivity index (χ4v) is 2.75. The highest BCUT2D eigenvalue weighted by atomic mass is 35.5. The Morgan fingerprint density at radius 2 is 2.00 bits per heavy atom. The third kappa shape index (κ3) is 4.19. The Bertz CT molecular complexity index is 535. The van der Waals surface area contributed by atoms with E-state index in [0.717, 1.165) is 5.56 Å². The Morgan fingerprint density at radius 1 is 1.29 bits per heavy atom. The molecule has 1 atom stereocenters. The molecule has 6 heteroatoms. The molecule has 0 spiro atoms. The molecular weight excluding hydrogens is 290 g/mol. The van der Waals surface area contributed by atoms with Crippen molar-refractivity contribution in [2.45, 2.75) is 13.5 Å². The van der Waals surface area contributed by atoms with Crippen LogP contribution in [0.4, 0.5) is 0 Å². The van der Waals surface area contributed by atoms with Crippen LogP contribution in [0, 0.1) is 5.92 Å². The highest BCUT2D eigenvalue weighted by molar-refractivity contribution is 6.31. The van der Waals surface area contributed by atoms with E-state index in [0.29, 0.717) is 37.7 Å². The third-order valence-electron chi connectivity index (χ3n) is 3.80. The van der Waals surface area contributed by atoms with E-state index in [4.69, 9.17) is 17.3 Å². The minimum Gasteiger partial charge on any atom is -0.369 e. The highest BCUT2D eigenvalue weighted by Gasteiger charge is 2.27. The summed E-state index contributed by atoms with van der Waals surface area (Å²) in [6, 6.07) is 7.64. The van der Waals surface area contributed by atoms with Gasteiger partial charge in [0.05, 0.1) is 5.92 Å². The van der Waals surface area contributed by atoms with Crippen molar-refractivity contribution in [1.82, 2.24) is 9.80 Å². The van der Waals surface area contributed by atoms with Gasteiger partial charge < -0.3 is 10.6 Å². The van der Waals surface area contributed by atoms with Gasteiger partial charge in [-0.25, -0.2) is 0 Å². The van der Waals surface area contributed by atoms with Gasteiger partial charge in [-0.3, -0.25) is 14.5 Å². The van der Waals surface area contributed by atoms with Crippen molar-refractivity contribution in [3.63, 3.8) is 0 Å². The first kappa shape index (κ1) is 15.8. The lowest BCUT2D eigenvalue weighted by Crippen LogP contribution is -2.39. The van der Waals surface area contributed by atoms with Crippen LogP contribution in [-0.2, 0) is 16.1 Å². The molecule has 1 aromatic carbocycles. The van der Waals surface area contributed by atoms with E-state index < -0.39 is 0 Å². The molecule has 1 aliphatic heterocycles. The molecule has 1 aromatic rings. The zero-order valence-corrected chi connectivity index (χ0v) is 12.8. The fourth-order valence-electron chi connectivity index (χ4n) is 2.56. The minimum absolute atomic E-state index is 0.0270. The molecule has 0 radical (unpaired) electrons. The average molecular weight is 310 g/mol. The molecule has 1 fully saturated rings. The van der Waals surface area contributed by atoms with Crippen LogP contribution in [0.5, 0.6) is 0 Å². The first-order valence-electron chi connectivity index (χ1n) is 6.98. The molecule has 0 bridgehead atoms. The van der Waals surface area contributed by atoms with Gasteiger partial charge in [0.2, 0.25) is 11.8 Å². The van der Waals surface area contributed by atoms with Gasteiger partial charge in [0.1, 0.15) is 0 Å². The summed E-state index contributed by atoms with van der Waals surface area (Å²) in [5, 5.41) is 0.709. The van der Waals surface area contributed by atoms with Gasteiger partial charge in [0.25, 0.3) is 0 Å². The monoisotopic (exact) mass is 309 g/mol. The molecule has 1 heterocycles. The quantitative estimate of drug-likeness (QED) is 0.909. The van der Waals surface area contributed by atoms with Gasteiger partial charge in [-0.1, -0.05) is 29.8 Å². The Balaban J connectivity index is 2.11. The molecule has 1 unspecified atom stereocenters. The smallest absolute Gasteiger partial charge is 0.223 e. The Kier molecular flexibility index (Phi) is 5.20. The van der Waals surface area contributed by atoms with Gasteiger partial charge in [-0.05, 0) is 11.6 Å². The molecule has 1 aliphatic rings. The van der Waals surface area contributed by atoms with Crippen molar-refractivity contribution < 1.29 is 9.59 Å². The van der Waals surface area contributed by atoms with Crippen LogP contribution in [0.15, 0.2) is 24.3 Å². The lowest BCUT2D eigenvalue weighted by Gasteiger charge is -2.22. The second-order valence-electron chi connectivity index (χ2n) is 5.39. The maximum Gasteiger partial charge on any atom is 0.223 e. The lowest BCUT2D eigenvalue weighted by molar-refractivity contribution is -0.130. The van der Waals surface area contributed by atoms with Gasteiger partial charge in [-0.15, -0.1) is 0 Å². The van der Waals surface area contributed by atoms with Gasteiger partial charge >= 0.3 is 0 Å². The van der Waals surface area contributed by atoms with E-state index in [-0.39, 0.29) is 17.7 Å². The fraction of sp³-hybridized carbons (Fsp3) is 0.467. The number of hydrogen-bond donors (Lipinski definition) is 1. The van der Waals surface area contributed by atoms with Crippen LogP contribution in [0.1, 0.15) is 12.5 Å². The summed E-state index contributed by atoms with van der Waals surface area (Å²) in [4.78, 5) is 27.0. The summed E-state index contributed by atoms with van der Waals surface area (Å²) in [5.74, 6) is -0.743. The maximum atomic E-state index is 11.6. The zero-order valence-electron chi connectivity index (χ0n) is 12.1. The largest absolute Gasteiger partial charge is 0.369 e. The summed E-state index contributed by atoms with van der Waals surface area (Å²) in [6.07, 6.45) is 0. The Hall–Kier alpha value is -1.59. The number of halogens is 1. The summed E-state index contributed by atoms with van der Waals surface area (Å²) < 4.78 is 0. The van der Waals surface area contributed by atoms with Crippen LogP contribution in [0.25, 0.3) is 0 Å².